The molecule has 3 heteroatoms. The molecule has 0 atom stereocenters. The summed E-state index contributed by atoms with van der Waals surface area (Å²) in [4.78, 5) is 0. The third kappa shape index (κ3) is 2.71. The van der Waals surface area contributed by atoms with Crippen molar-refractivity contribution >= 4 is 0 Å². The molecule has 0 aliphatic heterocycles. The Morgan fingerprint density at radius 3 is 2.74 bits per heavy atom. The Labute approximate surface area is 114 Å². The lowest BCUT2D eigenvalue weighted by molar-refractivity contribution is 0.443. The highest BCUT2D eigenvalue weighted by atomic mass is 15.1. The van der Waals surface area contributed by atoms with Gasteiger partial charge in [-0.3, -0.25) is 5.10 Å². The Bertz CT molecular complexity index is 526. The van der Waals surface area contributed by atoms with E-state index in [1.807, 2.05) is 12.3 Å². The first-order valence-electron chi connectivity index (χ1n) is 7.11. The van der Waals surface area contributed by atoms with Crippen molar-refractivity contribution < 1.29 is 0 Å². The van der Waals surface area contributed by atoms with Crippen molar-refractivity contribution in [2.45, 2.75) is 32.7 Å². The molecule has 0 amide bonds. The molecule has 1 heterocycles. The van der Waals surface area contributed by atoms with Gasteiger partial charge in [0.25, 0.3) is 0 Å². The summed E-state index contributed by atoms with van der Waals surface area (Å²) in [6.45, 7) is 4.31. The number of hydrogen-bond donors (Lipinski definition) is 2. The lowest BCUT2D eigenvalue weighted by Gasteiger charge is -2.13. The Kier molecular flexibility index (Phi) is 3.38. The van der Waals surface area contributed by atoms with Crippen LogP contribution in [0, 0.1) is 5.41 Å². The van der Waals surface area contributed by atoms with Crippen molar-refractivity contribution in [2.75, 3.05) is 6.54 Å². The molecule has 0 unspecified atom stereocenters. The summed E-state index contributed by atoms with van der Waals surface area (Å²) in [6, 6.07) is 10.4. The first-order valence-corrected chi connectivity index (χ1v) is 7.11. The number of nitrogens with zero attached hydrogens (tertiary/aromatic N) is 1. The summed E-state index contributed by atoms with van der Waals surface area (Å²) >= 11 is 0. The molecule has 3 rings (SSSR count). The van der Waals surface area contributed by atoms with Gasteiger partial charge < -0.3 is 5.32 Å². The second-order valence-electron chi connectivity index (χ2n) is 5.59. The molecule has 100 valence electrons. The number of nitrogens with one attached hydrogen (secondary N) is 2. The van der Waals surface area contributed by atoms with Crippen LogP contribution in [0.4, 0.5) is 0 Å². The van der Waals surface area contributed by atoms with Crippen LogP contribution in [0.5, 0.6) is 0 Å². The number of rotatable bonds is 6. The van der Waals surface area contributed by atoms with E-state index in [9.17, 15) is 0 Å². The van der Waals surface area contributed by atoms with Crippen LogP contribution in [-0.2, 0) is 6.54 Å². The van der Waals surface area contributed by atoms with Gasteiger partial charge in [0, 0.05) is 18.7 Å². The van der Waals surface area contributed by atoms with Gasteiger partial charge in [-0.05, 0) is 30.2 Å². The van der Waals surface area contributed by atoms with Gasteiger partial charge in [-0.1, -0.05) is 37.3 Å². The summed E-state index contributed by atoms with van der Waals surface area (Å²) in [5.74, 6) is 0. The maximum absolute atomic E-state index is 4.18. The van der Waals surface area contributed by atoms with Gasteiger partial charge in [-0.15, -0.1) is 0 Å². The summed E-state index contributed by atoms with van der Waals surface area (Å²) < 4.78 is 0. The second-order valence-corrected chi connectivity index (χ2v) is 5.59. The monoisotopic (exact) mass is 255 g/mol. The molecule has 1 saturated carbocycles. The summed E-state index contributed by atoms with van der Waals surface area (Å²) in [5.41, 5.74) is 4.18. The van der Waals surface area contributed by atoms with Crippen LogP contribution in [0.15, 0.2) is 36.5 Å². The van der Waals surface area contributed by atoms with Crippen LogP contribution in [0.2, 0.25) is 0 Å². The third-order valence-electron chi connectivity index (χ3n) is 4.30. The quantitative estimate of drug-likeness (QED) is 0.831. The van der Waals surface area contributed by atoms with Gasteiger partial charge in [0.15, 0.2) is 0 Å². The van der Waals surface area contributed by atoms with E-state index in [2.05, 4.69) is 46.7 Å². The largest absolute Gasteiger partial charge is 0.312 e. The van der Waals surface area contributed by atoms with Crippen molar-refractivity contribution in [1.29, 1.82) is 0 Å². The van der Waals surface area contributed by atoms with E-state index in [4.69, 9.17) is 0 Å². The number of aromatic amines is 1. The molecule has 2 aromatic rings. The van der Waals surface area contributed by atoms with Crippen molar-refractivity contribution in [3.05, 3.63) is 42.1 Å². The predicted molar refractivity (Wildman–Crippen MR) is 77.7 cm³/mol. The number of H-pyrrole nitrogens is 1. The molecule has 19 heavy (non-hydrogen) atoms. The van der Waals surface area contributed by atoms with Crippen LogP contribution >= 0.6 is 0 Å². The molecule has 1 aliphatic rings. The highest BCUT2D eigenvalue weighted by Crippen LogP contribution is 2.47. The Balaban J connectivity index is 1.64. The van der Waals surface area contributed by atoms with E-state index in [1.54, 1.807) is 0 Å². The third-order valence-corrected chi connectivity index (χ3v) is 4.30. The van der Waals surface area contributed by atoms with Gasteiger partial charge in [0.1, 0.15) is 0 Å². The molecule has 3 nitrogen and oxygen atoms in total. The first kappa shape index (κ1) is 12.4. The number of benzene rings is 1. The molecular formula is C16H21N3. The van der Waals surface area contributed by atoms with Gasteiger partial charge >= 0.3 is 0 Å². The van der Waals surface area contributed by atoms with Crippen molar-refractivity contribution in [1.82, 2.24) is 15.5 Å². The topological polar surface area (TPSA) is 40.7 Å². The standard InChI is InChI=1S/C16H21N3/c1-2-16(8-9-16)12-17-10-14-11-18-19-15(14)13-6-4-3-5-7-13/h3-7,11,17H,2,8-10,12H2,1H3,(H,18,19). The molecule has 1 aromatic heterocycles. The van der Waals surface area contributed by atoms with Gasteiger partial charge in [-0.2, -0.15) is 5.10 Å². The molecule has 1 fully saturated rings. The fraction of sp³-hybridized carbons (Fsp3) is 0.438. The lowest BCUT2D eigenvalue weighted by Crippen LogP contribution is -2.23. The maximum atomic E-state index is 4.18. The molecule has 0 saturated heterocycles. The van der Waals surface area contributed by atoms with Crippen LogP contribution in [0.3, 0.4) is 0 Å². The van der Waals surface area contributed by atoms with Crippen LogP contribution in [0.1, 0.15) is 31.7 Å². The highest BCUT2D eigenvalue weighted by molar-refractivity contribution is 5.62. The average molecular weight is 255 g/mol. The van der Waals surface area contributed by atoms with E-state index in [0.29, 0.717) is 5.41 Å². The molecule has 1 aliphatic carbocycles. The zero-order chi connectivity index (χ0) is 13.1. The van der Waals surface area contributed by atoms with Crippen LogP contribution in [-0.4, -0.2) is 16.7 Å². The Morgan fingerprint density at radius 2 is 2.05 bits per heavy atom. The fourth-order valence-electron chi connectivity index (χ4n) is 2.59. The summed E-state index contributed by atoms with van der Waals surface area (Å²) in [6.07, 6.45) is 5.98. The number of aromatic nitrogens is 2. The van der Waals surface area contributed by atoms with Crippen molar-refractivity contribution in [3.8, 4) is 11.3 Å². The Hall–Kier alpha value is -1.61. The minimum Gasteiger partial charge on any atom is -0.312 e. The molecule has 1 aromatic carbocycles. The summed E-state index contributed by atoms with van der Waals surface area (Å²) in [5, 5.41) is 10.9. The zero-order valence-corrected chi connectivity index (χ0v) is 11.4. The highest BCUT2D eigenvalue weighted by Gasteiger charge is 2.39. The van der Waals surface area contributed by atoms with Gasteiger partial charge in [-0.25, -0.2) is 0 Å². The fourth-order valence-corrected chi connectivity index (χ4v) is 2.59. The minimum atomic E-state index is 0.594. The lowest BCUT2D eigenvalue weighted by atomic mass is 10.0. The smallest absolute Gasteiger partial charge is 0.0695 e. The SMILES string of the molecule is CCC1(CNCc2cn[nH]c2-c2ccccc2)CC1. The minimum absolute atomic E-state index is 0.594. The van der Waals surface area contributed by atoms with E-state index in [0.717, 1.165) is 18.8 Å². The molecule has 2 N–H and O–H groups in total. The summed E-state index contributed by atoms with van der Waals surface area (Å²) in [7, 11) is 0. The average Bonchev–Trinajstić information content (AvgIpc) is 3.09. The van der Waals surface area contributed by atoms with E-state index in [1.165, 1.54) is 30.4 Å². The van der Waals surface area contributed by atoms with Crippen molar-refractivity contribution in [2.24, 2.45) is 5.41 Å². The van der Waals surface area contributed by atoms with E-state index < -0.39 is 0 Å². The number of hydrogen-bond acceptors (Lipinski definition) is 2. The zero-order valence-electron chi connectivity index (χ0n) is 11.4. The van der Waals surface area contributed by atoms with E-state index in [-0.39, 0.29) is 0 Å². The van der Waals surface area contributed by atoms with Gasteiger partial charge in [0.2, 0.25) is 0 Å². The molecule has 0 radical (unpaired) electrons. The molecule has 0 bridgehead atoms. The van der Waals surface area contributed by atoms with Crippen LogP contribution < -0.4 is 5.32 Å². The predicted octanol–water partition coefficient (Wildman–Crippen LogP) is 3.36. The van der Waals surface area contributed by atoms with Crippen molar-refractivity contribution in [3.63, 3.8) is 0 Å². The molecule has 0 spiro atoms. The van der Waals surface area contributed by atoms with Crippen LogP contribution in [0.25, 0.3) is 11.3 Å². The Morgan fingerprint density at radius 1 is 1.26 bits per heavy atom. The second kappa shape index (κ2) is 5.17. The molecular weight excluding hydrogens is 234 g/mol. The van der Waals surface area contributed by atoms with Gasteiger partial charge in [0.05, 0.1) is 11.9 Å². The maximum Gasteiger partial charge on any atom is 0.0695 e. The van der Waals surface area contributed by atoms with E-state index >= 15 is 0 Å². The normalized spacial score (nSPS) is 16.5. The first-order chi connectivity index (χ1) is 9.33.